The second-order valence-corrected chi connectivity index (χ2v) is 6.95. The third-order valence-corrected chi connectivity index (χ3v) is 5.01. The van der Waals surface area contributed by atoms with E-state index in [0.717, 1.165) is 18.4 Å². The first kappa shape index (κ1) is 24.0. The molecule has 1 atom stereocenters. The molecule has 1 aromatic rings. The average Bonchev–Trinajstić information content (AvgIpc) is 2.94. The highest BCUT2D eigenvalue weighted by molar-refractivity contribution is 7.16. The fourth-order valence-electron chi connectivity index (χ4n) is 2.45. The van der Waals surface area contributed by atoms with Crippen molar-refractivity contribution in [2.45, 2.75) is 39.0 Å². The minimum Gasteiger partial charge on any atom is -0.465 e. The van der Waals surface area contributed by atoms with E-state index in [1.54, 1.807) is 19.2 Å². The molecule has 1 aromatic heterocycles. The molecular formula is C16H20ClF3N2O5S. The van der Waals surface area contributed by atoms with E-state index in [4.69, 9.17) is 11.6 Å². The molecule has 2 N–H and O–H groups in total. The SMILES string of the molecule is CCOC(=O)[C@@](NC(=O)CCl)(Nc1sc(C)c(CC)c1C(=O)OC)C(F)(F)F. The number of rotatable bonds is 8. The van der Waals surface area contributed by atoms with E-state index in [0.29, 0.717) is 16.9 Å². The summed E-state index contributed by atoms with van der Waals surface area (Å²) in [7, 11) is 1.08. The Hall–Kier alpha value is -2.01. The zero-order valence-electron chi connectivity index (χ0n) is 15.6. The maximum Gasteiger partial charge on any atom is 0.441 e. The van der Waals surface area contributed by atoms with Gasteiger partial charge in [-0.25, -0.2) is 9.59 Å². The van der Waals surface area contributed by atoms with Gasteiger partial charge in [0.25, 0.3) is 0 Å². The van der Waals surface area contributed by atoms with E-state index in [1.807, 2.05) is 5.32 Å². The van der Waals surface area contributed by atoms with Gasteiger partial charge in [-0.05, 0) is 25.8 Å². The summed E-state index contributed by atoms with van der Waals surface area (Å²) in [6.07, 6.45) is -4.99. The molecule has 1 rings (SSSR count). The Morgan fingerprint density at radius 3 is 2.25 bits per heavy atom. The van der Waals surface area contributed by atoms with E-state index in [2.05, 4.69) is 9.47 Å². The normalized spacial score (nSPS) is 13.4. The smallest absolute Gasteiger partial charge is 0.441 e. The number of aryl methyl sites for hydroxylation is 1. The molecule has 0 radical (unpaired) electrons. The molecule has 0 aliphatic carbocycles. The van der Waals surface area contributed by atoms with Gasteiger partial charge >= 0.3 is 23.8 Å². The van der Waals surface area contributed by atoms with Gasteiger partial charge in [-0.15, -0.1) is 22.9 Å². The van der Waals surface area contributed by atoms with Crippen molar-refractivity contribution in [3.63, 3.8) is 0 Å². The minimum absolute atomic E-state index is 0.148. The second kappa shape index (κ2) is 9.46. The number of esters is 2. The lowest BCUT2D eigenvalue weighted by molar-refractivity contribution is -0.207. The Bertz CT molecular complexity index is 753. The molecule has 12 heteroatoms. The number of ether oxygens (including phenoxy) is 2. The van der Waals surface area contributed by atoms with Crippen LogP contribution in [0, 0.1) is 6.92 Å². The number of nitrogens with one attached hydrogen (secondary N) is 2. The summed E-state index contributed by atoms with van der Waals surface area (Å²) >= 11 is 6.14. The molecule has 158 valence electrons. The number of thiophene rings is 1. The summed E-state index contributed by atoms with van der Waals surface area (Å²) in [4.78, 5) is 36.7. The Morgan fingerprint density at radius 1 is 1.21 bits per heavy atom. The van der Waals surface area contributed by atoms with Crippen LogP contribution in [0.1, 0.15) is 34.6 Å². The van der Waals surface area contributed by atoms with Crippen molar-refractivity contribution in [1.29, 1.82) is 0 Å². The molecule has 28 heavy (non-hydrogen) atoms. The van der Waals surface area contributed by atoms with Crippen molar-refractivity contribution in [1.82, 2.24) is 5.32 Å². The highest BCUT2D eigenvalue weighted by Crippen LogP contribution is 2.40. The van der Waals surface area contributed by atoms with Crippen LogP contribution in [0.4, 0.5) is 18.2 Å². The predicted molar refractivity (Wildman–Crippen MR) is 97.7 cm³/mol. The molecule has 0 bridgehead atoms. The van der Waals surface area contributed by atoms with E-state index in [1.165, 1.54) is 6.92 Å². The van der Waals surface area contributed by atoms with Crippen molar-refractivity contribution in [3.05, 3.63) is 16.0 Å². The standard InChI is InChI=1S/C16H20ClF3N2O5S/c1-5-9-8(3)28-12(11(9)13(24)26-4)22-15(16(18,19)20,14(25)27-6-2)21-10(23)7-17/h22H,5-7H2,1-4H3,(H,21,23)/t15-/m1/s1. The van der Waals surface area contributed by atoms with E-state index < -0.39 is 35.6 Å². The van der Waals surface area contributed by atoms with Crippen molar-refractivity contribution in [2.75, 3.05) is 24.9 Å². The maximum absolute atomic E-state index is 14.0. The van der Waals surface area contributed by atoms with Gasteiger partial charge in [0.2, 0.25) is 5.91 Å². The maximum atomic E-state index is 14.0. The Labute approximate surface area is 168 Å². The fourth-order valence-corrected chi connectivity index (χ4v) is 3.71. The van der Waals surface area contributed by atoms with Gasteiger partial charge in [-0.3, -0.25) is 4.79 Å². The molecule has 0 aromatic carbocycles. The largest absolute Gasteiger partial charge is 0.465 e. The number of anilines is 1. The number of halogens is 4. The zero-order valence-corrected chi connectivity index (χ0v) is 17.2. The zero-order chi connectivity index (χ0) is 21.7. The van der Waals surface area contributed by atoms with Gasteiger partial charge in [-0.2, -0.15) is 13.2 Å². The van der Waals surface area contributed by atoms with Crippen LogP contribution in [0.5, 0.6) is 0 Å². The molecule has 0 unspecified atom stereocenters. The van der Waals surface area contributed by atoms with Crippen LogP contribution >= 0.6 is 22.9 Å². The van der Waals surface area contributed by atoms with Crippen LogP contribution in [-0.2, 0) is 25.5 Å². The molecule has 0 fully saturated rings. The molecule has 0 spiro atoms. The highest BCUT2D eigenvalue weighted by Gasteiger charge is 2.64. The molecule has 1 amide bonds. The number of alkyl halides is 4. The number of hydrogen-bond acceptors (Lipinski definition) is 7. The Morgan fingerprint density at radius 2 is 1.82 bits per heavy atom. The summed E-state index contributed by atoms with van der Waals surface area (Å²) in [5.74, 6) is -4.76. The monoisotopic (exact) mass is 444 g/mol. The van der Waals surface area contributed by atoms with Gasteiger partial charge in [0.05, 0.1) is 19.3 Å². The second-order valence-electron chi connectivity index (χ2n) is 5.46. The predicted octanol–water partition coefficient (Wildman–Crippen LogP) is 2.99. The van der Waals surface area contributed by atoms with Gasteiger partial charge in [-0.1, -0.05) is 6.92 Å². The fraction of sp³-hybridized carbons (Fsp3) is 0.562. The number of carbonyl (C=O) groups excluding carboxylic acids is 3. The lowest BCUT2D eigenvalue weighted by atomic mass is 10.1. The summed E-state index contributed by atoms with van der Waals surface area (Å²) in [6, 6.07) is 0. The lowest BCUT2D eigenvalue weighted by Crippen LogP contribution is -2.69. The number of hydrogen-bond donors (Lipinski definition) is 2. The van der Waals surface area contributed by atoms with Crippen molar-refractivity contribution in [2.24, 2.45) is 0 Å². The molecule has 1 heterocycles. The molecule has 0 saturated carbocycles. The summed E-state index contributed by atoms with van der Waals surface area (Å²) in [5, 5.41) is 3.26. The van der Waals surface area contributed by atoms with E-state index in [-0.39, 0.29) is 17.2 Å². The van der Waals surface area contributed by atoms with Crippen molar-refractivity contribution in [3.8, 4) is 0 Å². The topological polar surface area (TPSA) is 93.7 Å². The Kier molecular flexibility index (Phi) is 8.12. The van der Waals surface area contributed by atoms with Crippen LogP contribution in [0.2, 0.25) is 0 Å². The van der Waals surface area contributed by atoms with Gasteiger partial charge in [0.15, 0.2) is 0 Å². The number of carbonyl (C=O) groups is 3. The lowest BCUT2D eigenvalue weighted by Gasteiger charge is -2.35. The first-order chi connectivity index (χ1) is 13.0. The van der Waals surface area contributed by atoms with Crippen molar-refractivity contribution < 1.29 is 37.0 Å². The van der Waals surface area contributed by atoms with Crippen LogP contribution in [-0.4, -0.2) is 49.3 Å². The highest BCUT2D eigenvalue weighted by atomic mass is 35.5. The molecular weight excluding hydrogens is 425 g/mol. The van der Waals surface area contributed by atoms with Gasteiger partial charge in [0, 0.05) is 4.88 Å². The van der Waals surface area contributed by atoms with Gasteiger partial charge < -0.3 is 20.1 Å². The third-order valence-electron chi connectivity index (χ3n) is 3.71. The van der Waals surface area contributed by atoms with E-state index >= 15 is 0 Å². The molecule has 0 aliphatic heterocycles. The quantitative estimate of drug-likeness (QED) is 0.364. The summed E-state index contributed by atoms with van der Waals surface area (Å²) in [5.41, 5.74) is -3.33. The van der Waals surface area contributed by atoms with Gasteiger partial charge in [0.1, 0.15) is 10.9 Å². The van der Waals surface area contributed by atoms with E-state index in [9.17, 15) is 27.6 Å². The van der Waals surface area contributed by atoms with Crippen LogP contribution in [0.25, 0.3) is 0 Å². The van der Waals surface area contributed by atoms with Crippen LogP contribution in [0.3, 0.4) is 0 Å². The third kappa shape index (κ3) is 4.69. The first-order valence-corrected chi connectivity index (χ1v) is 9.43. The average molecular weight is 445 g/mol. The molecule has 0 aliphatic rings. The minimum atomic E-state index is -5.32. The molecule has 0 saturated heterocycles. The number of amides is 1. The summed E-state index contributed by atoms with van der Waals surface area (Å²) in [6.45, 7) is 4.26. The van der Waals surface area contributed by atoms with Crippen LogP contribution < -0.4 is 10.6 Å². The summed E-state index contributed by atoms with van der Waals surface area (Å²) < 4.78 is 51.2. The number of methoxy groups -OCH3 is 1. The van der Waals surface area contributed by atoms with Crippen LogP contribution in [0.15, 0.2) is 0 Å². The molecule has 7 nitrogen and oxygen atoms in total. The Balaban J connectivity index is 3.67. The van der Waals surface area contributed by atoms with Crippen molar-refractivity contribution >= 4 is 45.8 Å². The first-order valence-electron chi connectivity index (χ1n) is 8.08.